The van der Waals surface area contributed by atoms with Gasteiger partial charge in [0.05, 0.1) is 0 Å². The van der Waals surface area contributed by atoms with E-state index in [1.807, 2.05) is 0 Å². The van der Waals surface area contributed by atoms with Crippen LogP contribution < -0.4 is 0 Å². The summed E-state index contributed by atoms with van der Waals surface area (Å²) in [6.07, 6.45) is 0. The van der Waals surface area contributed by atoms with Gasteiger partial charge in [0.2, 0.25) is 0 Å². The van der Waals surface area contributed by atoms with Gasteiger partial charge in [0, 0.05) is 5.57 Å². The van der Waals surface area contributed by atoms with Crippen molar-refractivity contribution in [2.45, 2.75) is 6.92 Å². The van der Waals surface area contributed by atoms with E-state index in [0.717, 1.165) is 0 Å². The van der Waals surface area contributed by atoms with E-state index in [9.17, 15) is 14.4 Å². The van der Waals surface area contributed by atoms with Crippen LogP contribution in [0.5, 0.6) is 0 Å². The van der Waals surface area contributed by atoms with Crippen molar-refractivity contribution < 1.29 is 33.7 Å². The maximum atomic E-state index is 10.9. The van der Waals surface area contributed by atoms with Crippen LogP contribution in [-0.2, 0) is 28.6 Å². The first-order valence-electron chi connectivity index (χ1n) is 4.72. The highest BCUT2D eigenvalue weighted by molar-refractivity contribution is 5.86. The molecule has 0 rings (SSSR count). The summed E-state index contributed by atoms with van der Waals surface area (Å²) in [4.78, 5) is 32.2. The maximum Gasteiger partial charge on any atom is 0.344 e. The topological polar surface area (TPSA) is 99.1 Å². The molecule has 0 aliphatic carbocycles. The van der Waals surface area contributed by atoms with Gasteiger partial charge in [-0.3, -0.25) is 0 Å². The van der Waals surface area contributed by atoms with E-state index >= 15 is 0 Å². The highest BCUT2D eigenvalue weighted by Gasteiger charge is 2.08. The first kappa shape index (κ1) is 15.1. The SMILES string of the molecule is C=C(C)C(=O)OCCOC(=O)COC(=O)CO. The maximum absolute atomic E-state index is 10.9. The minimum atomic E-state index is -0.921. The zero-order chi connectivity index (χ0) is 13.3. The van der Waals surface area contributed by atoms with Gasteiger partial charge in [0.1, 0.15) is 19.8 Å². The molecule has 0 bridgehead atoms. The average Bonchev–Trinajstić information content (AvgIpc) is 2.30. The second-order valence-electron chi connectivity index (χ2n) is 2.96. The van der Waals surface area contributed by atoms with Crippen LogP contribution in [0.2, 0.25) is 0 Å². The molecule has 96 valence electrons. The van der Waals surface area contributed by atoms with E-state index in [1.54, 1.807) is 0 Å². The predicted octanol–water partition coefficient (Wildman–Crippen LogP) is -0.816. The Kier molecular flexibility index (Phi) is 7.36. The van der Waals surface area contributed by atoms with Gasteiger partial charge in [0.25, 0.3) is 0 Å². The third-order valence-electron chi connectivity index (χ3n) is 1.41. The lowest BCUT2D eigenvalue weighted by Crippen LogP contribution is -2.20. The molecule has 7 heteroatoms. The predicted molar refractivity (Wildman–Crippen MR) is 54.8 cm³/mol. The third-order valence-corrected chi connectivity index (χ3v) is 1.41. The van der Waals surface area contributed by atoms with Gasteiger partial charge in [-0.2, -0.15) is 0 Å². The molecule has 0 atom stereocenters. The molecule has 7 nitrogen and oxygen atoms in total. The third kappa shape index (κ3) is 7.97. The summed E-state index contributed by atoms with van der Waals surface area (Å²) in [5, 5.41) is 8.28. The largest absolute Gasteiger partial charge is 0.460 e. The van der Waals surface area contributed by atoms with Crippen LogP contribution >= 0.6 is 0 Å². The number of aliphatic hydroxyl groups excluding tert-OH is 1. The summed E-state index contributed by atoms with van der Waals surface area (Å²) in [6.45, 7) is 3.21. The number of rotatable bonds is 7. The van der Waals surface area contributed by atoms with Crippen molar-refractivity contribution in [1.82, 2.24) is 0 Å². The lowest BCUT2D eigenvalue weighted by molar-refractivity contribution is -0.161. The van der Waals surface area contributed by atoms with Crippen LogP contribution in [0.1, 0.15) is 6.92 Å². The Morgan fingerprint density at radius 3 is 2.18 bits per heavy atom. The van der Waals surface area contributed by atoms with Gasteiger partial charge in [-0.25, -0.2) is 14.4 Å². The molecular weight excluding hydrogens is 232 g/mol. The number of aliphatic hydroxyl groups is 1. The number of hydrogen-bond acceptors (Lipinski definition) is 7. The first-order valence-corrected chi connectivity index (χ1v) is 4.72. The Bertz CT molecular complexity index is 308. The normalized spacial score (nSPS) is 9.29. The monoisotopic (exact) mass is 246 g/mol. The standard InChI is InChI=1S/C10H14O7/c1-7(2)10(14)16-4-3-15-9(13)6-17-8(12)5-11/h11H,1,3-6H2,2H3. The highest BCUT2D eigenvalue weighted by Crippen LogP contribution is 1.92. The van der Waals surface area contributed by atoms with Gasteiger partial charge in [0.15, 0.2) is 6.61 Å². The van der Waals surface area contributed by atoms with E-state index < -0.39 is 31.1 Å². The van der Waals surface area contributed by atoms with Gasteiger partial charge in [-0.1, -0.05) is 6.58 Å². The van der Waals surface area contributed by atoms with E-state index in [0.29, 0.717) is 0 Å². The van der Waals surface area contributed by atoms with Gasteiger partial charge in [-0.05, 0) is 6.92 Å². The van der Waals surface area contributed by atoms with E-state index in [4.69, 9.17) is 5.11 Å². The lowest BCUT2D eigenvalue weighted by atomic mass is 10.4. The summed E-state index contributed by atoms with van der Waals surface area (Å²) in [5.41, 5.74) is 0.244. The average molecular weight is 246 g/mol. The Morgan fingerprint density at radius 1 is 1.06 bits per heavy atom. The van der Waals surface area contributed by atoms with Crippen molar-refractivity contribution in [1.29, 1.82) is 0 Å². The van der Waals surface area contributed by atoms with Crippen molar-refractivity contribution in [3.8, 4) is 0 Å². The molecule has 0 aromatic heterocycles. The fourth-order valence-corrected chi connectivity index (χ4v) is 0.640. The molecule has 0 fully saturated rings. The summed E-state index contributed by atoms with van der Waals surface area (Å²) >= 11 is 0. The van der Waals surface area contributed by atoms with Gasteiger partial charge in [-0.15, -0.1) is 0 Å². The molecule has 0 heterocycles. The number of carbonyl (C=O) groups is 3. The van der Waals surface area contributed by atoms with Crippen LogP contribution in [-0.4, -0.2) is 49.4 Å². The van der Waals surface area contributed by atoms with Gasteiger partial charge < -0.3 is 19.3 Å². The Morgan fingerprint density at radius 2 is 1.65 bits per heavy atom. The summed E-state index contributed by atoms with van der Waals surface area (Å²) < 4.78 is 13.5. The zero-order valence-corrected chi connectivity index (χ0v) is 9.43. The van der Waals surface area contributed by atoms with Crippen molar-refractivity contribution in [2.24, 2.45) is 0 Å². The van der Waals surface area contributed by atoms with Crippen molar-refractivity contribution in [3.05, 3.63) is 12.2 Å². The second-order valence-corrected chi connectivity index (χ2v) is 2.96. The molecule has 0 amide bonds. The zero-order valence-electron chi connectivity index (χ0n) is 9.43. The minimum absolute atomic E-state index is 0.106. The molecule has 0 spiro atoms. The first-order chi connectivity index (χ1) is 7.97. The fourth-order valence-electron chi connectivity index (χ4n) is 0.640. The minimum Gasteiger partial charge on any atom is -0.460 e. The number of carbonyl (C=O) groups excluding carboxylic acids is 3. The molecule has 0 saturated carbocycles. The summed E-state index contributed by atoms with van der Waals surface area (Å²) in [6, 6.07) is 0. The molecule has 0 saturated heterocycles. The summed E-state index contributed by atoms with van der Waals surface area (Å²) in [7, 11) is 0. The van der Waals surface area contributed by atoms with Crippen molar-refractivity contribution in [2.75, 3.05) is 26.4 Å². The Balaban J connectivity index is 3.55. The summed E-state index contributed by atoms with van der Waals surface area (Å²) in [5.74, 6) is -2.29. The second kappa shape index (κ2) is 8.28. The smallest absolute Gasteiger partial charge is 0.344 e. The van der Waals surface area contributed by atoms with E-state index in [1.165, 1.54) is 6.92 Å². The fraction of sp³-hybridized carbons (Fsp3) is 0.500. The van der Waals surface area contributed by atoms with Crippen LogP contribution in [0.25, 0.3) is 0 Å². The number of ether oxygens (including phenoxy) is 3. The molecule has 0 aliphatic rings. The lowest BCUT2D eigenvalue weighted by Gasteiger charge is -2.06. The molecular formula is C10H14O7. The van der Waals surface area contributed by atoms with E-state index in [2.05, 4.69) is 20.8 Å². The molecule has 0 aromatic carbocycles. The number of esters is 3. The van der Waals surface area contributed by atoms with Crippen LogP contribution in [0, 0.1) is 0 Å². The molecule has 0 radical (unpaired) electrons. The van der Waals surface area contributed by atoms with E-state index in [-0.39, 0.29) is 18.8 Å². The molecule has 1 N–H and O–H groups in total. The van der Waals surface area contributed by atoms with Gasteiger partial charge >= 0.3 is 17.9 Å². The number of hydrogen-bond donors (Lipinski definition) is 1. The molecule has 0 aliphatic heterocycles. The van der Waals surface area contributed by atoms with Crippen LogP contribution in [0.4, 0.5) is 0 Å². The quantitative estimate of drug-likeness (QED) is 0.271. The van der Waals surface area contributed by atoms with Crippen molar-refractivity contribution >= 4 is 17.9 Å². The Labute approximate surface area is 98.0 Å². The molecule has 0 aromatic rings. The molecule has 17 heavy (non-hydrogen) atoms. The Hall–Kier alpha value is -1.89. The van der Waals surface area contributed by atoms with Crippen LogP contribution in [0.3, 0.4) is 0 Å². The molecule has 0 unspecified atom stereocenters. The van der Waals surface area contributed by atoms with Crippen molar-refractivity contribution in [3.63, 3.8) is 0 Å². The van der Waals surface area contributed by atoms with Crippen LogP contribution in [0.15, 0.2) is 12.2 Å². The highest BCUT2D eigenvalue weighted by atomic mass is 16.6.